The first-order valence-corrected chi connectivity index (χ1v) is 10.4. The van der Waals surface area contributed by atoms with Crippen molar-refractivity contribution in [1.82, 2.24) is 9.97 Å². The van der Waals surface area contributed by atoms with E-state index >= 15 is 0 Å². The molecule has 0 saturated carbocycles. The first-order valence-electron chi connectivity index (χ1n) is 10.4. The van der Waals surface area contributed by atoms with E-state index in [-0.39, 0.29) is 16.8 Å². The summed E-state index contributed by atoms with van der Waals surface area (Å²) in [5, 5.41) is 2.57. The van der Waals surface area contributed by atoms with Crippen LogP contribution in [-0.2, 0) is 9.53 Å². The highest BCUT2D eigenvalue weighted by Crippen LogP contribution is 2.24. The fourth-order valence-corrected chi connectivity index (χ4v) is 3.35. The van der Waals surface area contributed by atoms with Crippen molar-refractivity contribution in [2.24, 2.45) is 5.73 Å². The van der Waals surface area contributed by atoms with Gasteiger partial charge in [0.25, 0.3) is 11.8 Å². The second-order valence-corrected chi connectivity index (χ2v) is 7.49. The van der Waals surface area contributed by atoms with Crippen LogP contribution >= 0.6 is 0 Å². The van der Waals surface area contributed by atoms with Crippen LogP contribution < -0.4 is 15.8 Å². The summed E-state index contributed by atoms with van der Waals surface area (Å²) in [4.78, 5) is 44.4. The smallest absolute Gasteiger partial charge is 0.338 e. The first-order chi connectivity index (χ1) is 16.4. The second kappa shape index (κ2) is 9.45. The zero-order valence-corrected chi connectivity index (χ0v) is 18.5. The Bertz CT molecular complexity index is 1380. The Morgan fingerprint density at radius 3 is 2.47 bits per heavy atom. The number of methoxy groups -OCH3 is 1. The Balaban J connectivity index is 1.47. The van der Waals surface area contributed by atoms with Crippen molar-refractivity contribution in [3.63, 3.8) is 0 Å². The number of carbonyl (C=O) groups excluding carboxylic acids is 3. The lowest BCUT2D eigenvalue weighted by molar-refractivity contribution is -0.123. The maximum atomic E-state index is 12.7. The predicted molar refractivity (Wildman–Crippen MR) is 127 cm³/mol. The molecule has 1 heterocycles. The average molecular weight is 458 g/mol. The SMILES string of the molecule is COc1ccc(-c2nc3ccc(C(=O)OC(C)C(=O)Nc4ccccc4C(N)=O)cc3[nH]2)cc1. The number of esters is 1. The molecule has 1 unspecified atom stereocenters. The van der Waals surface area contributed by atoms with Crippen LogP contribution in [0.2, 0.25) is 0 Å². The summed E-state index contributed by atoms with van der Waals surface area (Å²) in [6, 6.07) is 18.6. The van der Waals surface area contributed by atoms with Gasteiger partial charge in [0.15, 0.2) is 6.10 Å². The molecule has 9 heteroatoms. The van der Waals surface area contributed by atoms with Crippen molar-refractivity contribution in [3.05, 3.63) is 77.9 Å². The van der Waals surface area contributed by atoms with Crippen LogP contribution in [0.4, 0.5) is 5.69 Å². The third-order valence-electron chi connectivity index (χ3n) is 5.18. The Morgan fingerprint density at radius 1 is 1.03 bits per heavy atom. The molecule has 1 aromatic heterocycles. The van der Waals surface area contributed by atoms with E-state index in [1.807, 2.05) is 24.3 Å². The van der Waals surface area contributed by atoms with Crippen molar-refractivity contribution >= 4 is 34.5 Å². The van der Waals surface area contributed by atoms with Crippen LogP contribution in [0.15, 0.2) is 66.7 Å². The van der Waals surface area contributed by atoms with Crippen molar-refractivity contribution in [1.29, 1.82) is 0 Å². The Morgan fingerprint density at radius 2 is 1.76 bits per heavy atom. The number of primary amides is 1. The standard InChI is InChI=1S/C25H22N4O5/c1-14(24(31)29-19-6-4-3-5-18(19)22(26)30)34-25(32)16-9-12-20-21(13-16)28-23(27-20)15-7-10-17(33-2)11-8-15/h3-14H,1-2H3,(H2,26,30)(H,27,28)(H,29,31). The number of fused-ring (bicyclic) bond motifs is 1. The normalized spacial score (nSPS) is 11.6. The summed E-state index contributed by atoms with van der Waals surface area (Å²) in [6.07, 6.45) is -1.11. The molecule has 0 fully saturated rings. The van der Waals surface area contributed by atoms with Crippen LogP contribution in [0.5, 0.6) is 5.75 Å². The van der Waals surface area contributed by atoms with Gasteiger partial charge in [0, 0.05) is 5.56 Å². The van der Waals surface area contributed by atoms with Crippen LogP contribution in [0.25, 0.3) is 22.4 Å². The minimum atomic E-state index is -1.11. The van der Waals surface area contributed by atoms with Gasteiger partial charge in [-0.1, -0.05) is 12.1 Å². The molecule has 4 aromatic rings. The molecule has 172 valence electrons. The highest BCUT2D eigenvalue weighted by atomic mass is 16.5. The fraction of sp³-hybridized carbons (Fsp3) is 0.120. The van der Waals surface area contributed by atoms with Gasteiger partial charge in [0.1, 0.15) is 11.6 Å². The number of rotatable bonds is 7. The van der Waals surface area contributed by atoms with Crippen LogP contribution in [0.1, 0.15) is 27.6 Å². The Kier molecular flexibility index (Phi) is 6.26. The minimum Gasteiger partial charge on any atom is -0.497 e. The molecular formula is C25H22N4O5. The van der Waals surface area contributed by atoms with Gasteiger partial charge in [-0.25, -0.2) is 9.78 Å². The number of imidazole rings is 1. The lowest BCUT2D eigenvalue weighted by atomic mass is 10.1. The third kappa shape index (κ3) is 4.73. The Labute approximate surface area is 194 Å². The largest absolute Gasteiger partial charge is 0.497 e. The van der Waals surface area contributed by atoms with Crippen molar-refractivity contribution in [3.8, 4) is 17.1 Å². The zero-order chi connectivity index (χ0) is 24.2. The number of ether oxygens (including phenoxy) is 2. The molecular weight excluding hydrogens is 436 g/mol. The number of nitrogens with one attached hydrogen (secondary N) is 2. The van der Waals surface area contributed by atoms with Crippen molar-refractivity contribution < 1.29 is 23.9 Å². The van der Waals surface area contributed by atoms with Gasteiger partial charge in [-0.15, -0.1) is 0 Å². The highest BCUT2D eigenvalue weighted by Gasteiger charge is 2.21. The monoisotopic (exact) mass is 458 g/mol. The number of aromatic nitrogens is 2. The molecule has 0 spiro atoms. The molecule has 0 bridgehead atoms. The molecule has 4 N–H and O–H groups in total. The number of H-pyrrole nitrogens is 1. The van der Waals surface area contributed by atoms with E-state index in [2.05, 4.69) is 15.3 Å². The Hall–Kier alpha value is -4.66. The van der Waals surface area contributed by atoms with E-state index in [9.17, 15) is 14.4 Å². The summed E-state index contributed by atoms with van der Waals surface area (Å²) in [5.41, 5.74) is 8.18. The van der Waals surface area contributed by atoms with Crippen LogP contribution in [-0.4, -0.2) is 41.0 Å². The highest BCUT2D eigenvalue weighted by molar-refractivity contribution is 6.04. The molecule has 0 saturated heterocycles. The van der Waals surface area contributed by atoms with E-state index in [1.165, 1.54) is 13.0 Å². The van der Waals surface area contributed by atoms with Gasteiger partial charge in [-0.3, -0.25) is 9.59 Å². The molecule has 0 radical (unpaired) electrons. The molecule has 9 nitrogen and oxygen atoms in total. The van der Waals surface area contributed by atoms with Gasteiger partial charge in [0.05, 0.1) is 35.0 Å². The number of nitrogens with two attached hydrogens (primary N) is 1. The van der Waals surface area contributed by atoms with Gasteiger partial charge in [0.2, 0.25) is 0 Å². The number of anilines is 1. The quantitative estimate of drug-likeness (QED) is 0.363. The molecule has 0 aliphatic rings. The predicted octanol–water partition coefficient (Wildman–Crippen LogP) is 3.52. The molecule has 0 aliphatic carbocycles. The lowest BCUT2D eigenvalue weighted by Crippen LogP contribution is -2.30. The second-order valence-electron chi connectivity index (χ2n) is 7.49. The van der Waals surface area contributed by atoms with Gasteiger partial charge in [-0.2, -0.15) is 0 Å². The number of benzene rings is 3. The molecule has 2 amide bonds. The van der Waals surface area contributed by atoms with Crippen LogP contribution in [0, 0.1) is 0 Å². The minimum absolute atomic E-state index is 0.159. The number of carbonyl (C=O) groups is 3. The van der Waals surface area contributed by atoms with E-state index in [0.717, 1.165) is 11.3 Å². The first kappa shape index (κ1) is 22.5. The van der Waals surface area contributed by atoms with Gasteiger partial charge in [-0.05, 0) is 61.5 Å². The van der Waals surface area contributed by atoms with E-state index < -0.39 is 23.9 Å². The molecule has 3 aromatic carbocycles. The number of hydrogen-bond acceptors (Lipinski definition) is 6. The number of nitrogens with zero attached hydrogens (tertiary/aromatic N) is 1. The van der Waals surface area contributed by atoms with Crippen molar-refractivity contribution in [2.45, 2.75) is 13.0 Å². The number of aromatic amines is 1. The van der Waals surface area contributed by atoms with E-state index in [0.29, 0.717) is 16.9 Å². The molecule has 4 rings (SSSR count). The average Bonchev–Trinajstić information content (AvgIpc) is 3.27. The summed E-state index contributed by atoms with van der Waals surface area (Å²) in [5.74, 6) is -0.563. The van der Waals surface area contributed by atoms with Gasteiger partial charge >= 0.3 is 5.97 Å². The van der Waals surface area contributed by atoms with Crippen molar-refractivity contribution in [2.75, 3.05) is 12.4 Å². The zero-order valence-electron chi connectivity index (χ0n) is 18.5. The van der Waals surface area contributed by atoms with E-state index in [4.69, 9.17) is 15.2 Å². The molecule has 0 aliphatic heterocycles. The summed E-state index contributed by atoms with van der Waals surface area (Å²) < 4.78 is 10.5. The summed E-state index contributed by atoms with van der Waals surface area (Å²) >= 11 is 0. The third-order valence-corrected chi connectivity index (χ3v) is 5.18. The molecule has 1 atom stereocenters. The number of amides is 2. The summed E-state index contributed by atoms with van der Waals surface area (Å²) in [6.45, 7) is 1.44. The maximum absolute atomic E-state index is 12.7. The lowest BCUT2D eigenvalue weighted by Gasteiger charge is -2.15. The molecule has 34 heavy (non-hydrogen) atoms. The maximum Gasteiger partial charge on any atom is 0.338 e. The van der Waals surface area contributed by atoms with Gasteiger partial charge < -0.3 is 25.5 Å². The number of para-hydroxylation sites is 1. The van der Waals surface area contributed by atoms with Crippen LogP contribution in [0.3, 0.4) is 0 Å². The number of hydrogen-bond donors (Lipinski definition) is 3. The fourth-order valence-electron chi connectivity index (χ4n) is 3.35. The van der Waals surface area contributed by atoms with E-state index in [1.54, 1.807) is 43.5 Å². The topological polar surface area (TPSA) is 136 Å². The summed E-state index contributed by atoms with van der Waals surface area (Å²) in [7, 11) is 1.60.